The number of carbonyl (C=O) groups excluding carboxylic acids is 2. The number of aromatic nitrogens is 1. The Bertz CT molecular complexity index is 800. The molecule has 1 saturated heterocycles. The molecule has 144 valence electrons. The minimum absolute atomic E-state index is 0.0863. The summed E-state index contributed by atoms with van der Waals surface area (Å²) in [5, 5.41) is 0. The van der Waals surface area contributed by atoms with Crippen molar-refractivity contribution in [2.45, 2.75) is 6.42 Å². The highest BCUT2D eigenvalue weighted by Crippen LogP contribution is 2.29. The average Bonchev–Trinajstić information content (AvgIpc) is 3.11. The molecule has 1 aliphatic heterocycles. The number of rotatable bonds is 5. The van der Waals surface area contributed by atoms with Crippen LogP contribution in [0.5, 0.6) is 11.5 Å². The topological polar surface area (TPSA) is 64.0 Å². The molecule has 2 aromatic rings. The second-order valence-electron chi connectivity index (χ2n) is 6.57. The van der Waals surface area contributed by atoms with E-state index in [0.717, 1.165) is 5.56 Å². The molecular formula is C20H25N3O4. The molecule has 0 saturated carbocycles. The second kappa shape index (κ2) is 8.16. The van der Waals surface area contributed by atoms with Crippen LogP contribution in [0.15, 0.2) is 36.7 Å². The number of benzene rings is 1. The highest BCUT2D eigenvalue weighted by atomic mass is 16.5. The van der Waals surface area contributed by atoms with Crippen molar-refractivity contribution >= 4 is 11.8 Å². The van der Waals surface area contributed by atoms with Crippen molar-refractivity contribution < 1.29 is 19.1 Å². The van der Waals surface area contributed by atoms with Gasteiger partial charge < -0.3 is 23.8 Å². The summed E-state index contributed by atoms with van der Waals surface area (Å²) in [5.41, 5.74) is 1.42. The first-order chi connectivity index (χ1) is 13.0. The van der Waals surface area contributed by atoms with Crippen molar-refractivity contribution in [2.75, 3.05) is 40.4 Å². The quantitative estimate of drug-likeness (QED) is 0.800. The van der Waals surface area contributed by atoms with Crippen molar-refractivity contribution in [1.82, 2.24) is 14.4 Å². The zero-order valence-corrected chi connectivity index (χ0v) is 16.0. The van der Waals surface area contributed by atoms with Crippen LogP contribution in [0.1, 0.15) is 15.9 Å². The van der Waals surface area contributed by atoms with Crippen LogP contribution >= 0.6 is 0 Å². The van der Waals surface area contributed by atoms with Crippen LogP contribution in [0.3, 0.4) is 0 Å². The number of hydrogen-bond acceptors (Lipinski definition) is 4. The van der Waals surface area contributed by atoms with Gasteiger partial charge in [0.1, 0.15) is 17.1 Å². The maximum atomic E-state index is 13.0. The third-order valence-electron chi connectivity index (χ3n) is 4.81. The lowest BCUT2D eigenvalue weighted by Gasteiger charge is -2.35. The van der Waals surface area contributed by atoms with E-state index in [-0.39, 0.29) is 11.8 Å². The third kappa shape index (κ3) is 4.07. The first kappa shape index (κ1) is 18.8. The van der Waals surface area contributed by atoms with E-state index in [1.165, 1.54) is 14.2 Å². The molecule has 0 unspecified atom stereocenters. The van der Waals surface area contributed by atoms with Crippen LogP contribution in [0.2, 0.25) is 0 Å². The number of aryl methyl sites for hydroxylation is 1. The highest BCUT2D eigenvalue weighted by molar-refractivity contribution is 6.00. The SMILES string of the molecule is COc1cccc(OC)c1C(=O)N1CCN(C(=O)Cc2ccn(C)c2)CC1. The van der Waals surface area contributed by atoms with Crippen LogP contribution in [0.25, 0.3) is 0 Å². The normalized spacial score (nSPS) is 14.2. The Hall–Kier alpha value is -2.96. The number of hydrogen-bond donors (Lipinski definition) is 0. The maximum absolute atomic E-state index is 13.0. The highest BCUT2D eigenvalue weighted by Gasteiger charge is 2.28. The summed E-state index contributed by atoms with van der Waals surface area (Å²) in [5.74, 6) is 0.923. The Morgan fingerprint density at radius 3 is 2.07 bits per heavy atom. The predicted octanol–water partition coefficient (Wildman–Crippen LogP) is 1.57. The molecule has 1 aliphatic rings. The van der Waals surface area contributed by atoms with Gasteiger partial charge in [0, 0.05) is 45.6 Å². The average molecular weight is 371 g/mol. The zero-order chi connectivity index (χ0) is 19.4. The Morgan fingerprint density at radius 2 is 1.56 bits per heavy atom. The van der Waals surface area contributed by atoms with E-state index in [9.17, 15) is 9.59 Å². The van der Waals surface area contributed by atoms with Gasteiger partial charge in [-0.3, -0.25) is 9.59 Å². The smallest absolute Gasteiger partial charge is 0.261 e. The lowest BCUT2D eigenvalue weighted by atomic mass is 10.1. The molecule has 1 aromatic heterocycles. The van der Waals surface area contributed by atoms with E-state index in [0.29, 0.717) is 49.7 Å². The molecule has 2 heterocycles. The molecule has 0 radical (unpaired) electrons. The first-order valence-corrected chi connectivity index (χ1v) is 8.92. The molecule has 0 spiro atoms. The van der Waals surface area contributed by atoms with Gasteiger partial charge in [-0.1, -0.05) is 6.07 Å². The fourth-order valence-electron chi connectivity index (χ4n) is 3.33. The summed E-state index contributed by atoms with van der Waals surface area (Å²) in [4.78, 5) is 29.0. The number of carbonyl (C=O) groups is 2. The molecule has 1 fully saturated rings. The van der Waals surface area contributed by atoms with Gasteiger partial charge in [0.2, 0.25) is 5.91 Å². The van der Waals surface area contributed by atoms with Crippen molar-refractivity contribution in [2.24, 2.45) is 7.05 Å². The Kier molecular flexibility index (Phi) is 5.69. The lowest BCUT2D eigenvalue weighted by molar-refractivity contribution is -0.131. The predicted molar refractivity (Wildman–Crippen MR) is 101 cm³/mol. The van der Waals surface area contributed by atoms with Crippen molar-refractivity contribution in [3.8, 4) is 11.5 Å². The number of amides is 2. The van der Waals surface area contributed by atoms with Gasteiger partial charge in [-0.15, -0.1) is 0 Å². The monoisotopic (exact) mass is 371 g/mol. The summed E-state index contributed by atoms with van der Waals surface area (Å²) >= 11 is 0. The molecular weight excluding hydrogens is 346 g/mol. The molecule has 0 atom stereocenters. The van der Waals surface area contributed by atoms with Crippen LogP contribution in [-0.4, -0.2) is 66.6 Å². The van der Waals surface area contributed by atoms with Crippen LogP contribution in [0, 0.1) is 0 Å². The van der Waals surface area contributed by atoms with E-state index in [1.807, 2.05) is 35.0 Å². The molecule has 0 aliphatic carbocycles. The Labute approximate surface area is 159 Å². The van der Waals surface area contributed by atoms with Gasteiger partial charge in [0.25, 0.3) is 5.91 Å². The van der Waals surface area contributed by atoms with Crippen molar-refractivity contribution in [1.29, 1.82) is 0 Å². The van der Waals surface area contributed by atoms with Crippen molar-refractivity contribution in [3.05, 3.63) is 47.8 Å². The summed E-state index contributed by atoms with van der Waals surface area (Å²) in [7, 11) is 5.00. The minimum atomic E-state index is -0.139. The maximum Gasteiger partial charge on any atom is 0.261 e. The number of piperazine rings is 1. The Balaban J connectivity index is 1.64. The fourth-order valence-corrected chi connectivity index (χ4v) is 3.33. The zero-order valence-electron chi connectivity index (χ0n) is 16.0. The van der Waals surface area contributed by atoms with Crippen LogP contribution < -0.4 is 9.47 Å². The molecule has 3 rings (SSSR count). The number of methoxy groups -OCH3 is 2. The summed E-state index contributed by atoms with van der Waals surface area (Å²) < 4.78 is 12.6. The van der Waals surface area contributed by atoms with Crippen molar-refractivity contribution in [3.63, 3.8) is 0 Å². The first-order valence-electron chi connectivity index (χ1n) is 8.92. The van der Waals surface area contributed by atoms with Gasteiger partial charge in [0.15, 0.2) is 0 Å². The molecule has 7 nitrogen and oxygen atoms in total. The molecule has 0 bridgehead atoms. The molecule has 0 N–H and O–H groups in total. The lowest BCUT2D eigenvalue weighted by Crippen LogP contribution is -2.51. The third-order valence-corrected chi connectivity index (χ3v) is 4.81. The summed E-state index contributed by atoms with van der Waals surface area (Å²) in [6.45, 7) is 2.02. The van der Waals surface area contributed by atoms with Gasteiger partial charge >= 0.3 is 0 Å². The van der Waals surface area contributed by atoms with Gasteiger partial charge in [-0.2, -0.15) is 0 Å². The van der Waals surface area contributed by atoms with E-state index in [1.54, 1.807) is 23.1 Å². The molecule has 2 amide bonds. The Morgan fingerprint density at radius 1 is 0.963 bits per heavy atom. The summed E-state index contributed by atoms with van der Waals surface area (Å²) in [6.07, 6.45) is 4.26. The van der Waals surface area contributed by atoms with Gasteiger partial charge in [0.05, 0.1) is 20.6 Å². The minimum Gasteiger partial charge on any atom is -0.496 e. The van der Waals surface area contributed by atoms with E-state index in [4.69, 9.17) is 9.47 Å². The second-order valence-corrected chi connectivity index (χ2v) is 6.57. The van der Waals surface area contributed by atoms with E-state index >= 15 is 0 Å². The summed E-state index contributed by atoms with van der Waals surface area (Å²) in [6, 6.07) is 7.23. The largest absolute Gasteiger partial charge is 0.496 e. The van der Waals surface area contributed by atoms with Crippen LogP contribution in [0.4, 0.5) is 0 Å². The molecule has 1 aromatic carbocycles. The fraction of sp³-hybridized carbons (Fsp3) is 0.400. The molecule has 7 heteroatoms. The number of nitrogens with zero attached hydrogens (tertiary/aromatic N) is 3. The van der Waals surface area contributed by atoms with E-state index < -0.39 is 0 Å². The van der Waals surface area contributed by atoms with E-state index in [2.05, 4.69) is 0 Å². The molecule has 27 heavy (non-hydrogen) atoms. The van der Waals surface area contributed by atoms with Gasteiger partial charge in [-0.05, 0) is 23.8 Å². The van der Waals surface area contributed by atoms with Crippen LogP contribution in [-0.2, 0) is 18.3 Å². The standard InChI is InChI=1S/C20H25N3O4/c1-21-8-7-15(14-21)13-18(24)22-9-11-23(12-10-22)20(25)19-16(26-2)5-4-6-17(19)27-3/h4-8,14H,9-13H2,1-3H3. The van der Waals surface area contributed by atoms with Gasteiger partial charge in [-0.25, -0.2) is 0 Å². The number of ether oxygens (including phenoxy) is 2.